The quantitative estimate of drug-likeness (QED) is 0.151. The highest BCUT2D eigenvalue weighted by Crippen LogP contribution is 2.16. The van der Waals surface area contributed by atoms with E-state index in [9.17, 15) is 0 Å². The smallest absolute Gasteiger partial charge is 0.122 e. The minimum atomic E-state index is 0.778. The van der Waals surface area contributed by atoms with Crippen LogP contribution in [0.2, 0.25) is 0 Å². The molecule has 3 aromatic carbocycles. The molecule has 7 heteroatoms. The van der Waals surface area contributed by atoms with Gasteiger partial charge in [-0.15, -0.1) is 0 Å². The number of pyridine rings is 1. The molecule has 4 heterocycles. The Morgan fingerprint density at radius 1 is 0.206 bits per heavy atom. The van der Waals surface area contributed by atoms with Crippen molar-refractivity contribution in [3.05, 3.63) is 238 Å². The standard InChI is InChI=1S/C10H8.C6H12.C6H6.C5H5N.C5H10.3C5H6.2C4H4N2.C3H5NO.21C2H6/c1-2-6-10-8-4-3-7-9(10)5-1;3*1-2-4-6-5-3-1;4*1-2-4-5-3-1;1-2-6-4-3-5-1;1-2-5-4-6-3-1;1-2-4-5-3-1;21*1-2/h1-8H;1-6H2;1-6H;1-5H;1-5H2;3*1-4H,5H2;2*1-4H;2H,1,3H2;21*1-2H3. The maximum atomic E-state index is 4.51. The normalized spacial score (nSPS) is 9.74. The first-order chi connectivity index (χ1) is 53.5. The minimum Gasteiger partial charge on any atom is -0.396 e. The van der Waals surface area contributed by atoms with Gasteiger partial charge in [-0.2, -0.15) is 0 Å². The summed E-state index contributed by atoms with van der Waals surface area (Å²) < 4.78 is 0. The van der Waals surface area contributed by atoms with Gasteiger partial charge in [0, 0.05) is 62.2 Å². The molecule has 6 aromatic rings. The van der Waals surface area contributed by atoms with Gasteiger partial charge in [0.1, 0.15) is 12.9 Å². The van der Waals surface area contributed by atoms with Crippen LogP contribution in [-0.2, 0) is 4.84 Å². The van der Waals surface area contributed by atoms with Crippen molar-refractivity contribution in [3.63, 3.8) is 0 Å². The van der Waals surface area contributed by atoms with Crippen LogP contribution in [-0.4, -0.2) is 37.7 Å². The molecule has 0 radical (unpaired) electrons. The van der Waals surface area contributed by atoms with Crippen LogP contribution in [0, 0.1) is 0 Å². The molecule has 0 atom stereocenters. The highest BCUT2D eigenvalue weighted by atomic mass is 16.6. The first-order valence-electron chi connectivity index (χ1n) is 44.2. The summed E-state index contributed by atoms with van der Waals surface area (Å²) in [6.45, 7) is 84.8. The van der Waals surface area contributed by atoms with E-state index in [0.29, 0.717) is 0 Å². The minimum absolute atomic E-state index is 0.778. The molecule has 5 aliphatic carbocycles. The monoisotopic (exact) mass is 1500 g/mol. The van der Waals surface area contributed by atoms with E-state index < -0.39 is 0 Å². The van der Waals surface area contributed by atoms with Gasteiger partial charge < -0.3 is 4.84 Å². The van der Waals surface area contributed by atoms with Crippen molar-refractivity contribution in [1.29, 1.82) is 0 Å². The van der Waals surface area contributed by atoms with Crippen LogP contribution in [0.25, 0.3) is 10.8 Å². The number of rotatable bonds is 0. The van der Waals surface area contributed by atoms with Crippen LogP contribution < -0.4 is 0 Å². The van der Waals surface area contributed by atoms with Crippen LogP contribution in [0.15, 0.2) is 243 Å². The first-order valence-corrected chi connectivity index (χ1v) is 44.2. The number of nitrogens with zero attached hydrogens (tertiary/aromatic N) is 6. The Morgan fingerprint density at radius 2 is 0.393 bits per heavy atom. The van der Waals surface area contributed by atoms with Crippen LogP contribution in [0.5, 0.6) is 0 Å². The lowest BCUT2D eigenvalue weighted by molar-refractivity contribution is 0.174. The van der Waals surface area contributed by atoms with Crippen molar-refractivity contribution in [3.8, 4) is 0 Å². The van der Waals surface area contributed by atoms with E-state index >= 15 is 0 Å². The SMILES string of the molecule is C1=CCC=C1.C1=CCC=C1.C1=CCC=C1.C1=NOCC1.C1CCCC1.C1CCCCC1.CC.CC.CC.CC.CC.CC.CC.CC.CC.CC.CC.CC.CC.CC.CC.CC.CC.CC.CC.CC.CC.c1ccc2ccccc2c1.c1ccccc1.c1ccncc1.c1cnccn1.c1cncnc1. The van der Waals surface area contributed by atoms with Gasteiger partial charge in [0.2, 0.25) is 0 Å². The van der Waals surface area contributed by atoms with Crippen LogP contribution >= 0.6 is 0 Å². The third kappa shape index (κ3) is 214. The molecule has 1 aliphatic heterocycles. The summed E-state index contributed by atoms with van der Waals surface area (Å²) in [5.41, 5.74) is 0. The molecule has 3 aromatic heterocycles. The number of oxime groups is 1. The predicted octanol–water partition coefficient (Wildman–Crippen LogP) is 37.3. The molecule has 107 heavy (non-hydrogen) atoms. The molecule has 6 aliphatic rings. The Labute approximate surface area is 679 Å². The topological polar surface area (TPSA) is 86.0 Å². The van der Waals surface area contributed by atoms with Crippen molar-refractivity contribution in [1.82, 2.24) is 24.9 Å². The number of allylic oxidation sites excluding steroid dienone is 12. The number of aromatic nitrogens is 5. The van der Waals surface area contributed by atoms with Gasteiger partial charge in [-0.1, -0.05) is 530 Å². The summed E-state index contributed by atoms with van der Waals surface area (Å²) in [7, 11) is 0. The Kier molecular flexibility index (Phi) is 354. The number of hydrogen-bond acceptors (Lipinski definition) is 7. The first kappa shape index (κ1) is 153. The van der Waals surface area contributed by atoms with Gasteiger partial charge in [0.15, 0.2) is 0 Å². The molecule has 0 unspecified atom stereocenters. The van der Waals surface area contributed by atoms with Gasteiger partial charge in [0.05, 0.1) is 0 Å². The molecule has 0 saturated heterocycles. The van der Waals surface area contributed by atoms with E-state index in [4.69, 9.17) is 0 Å². The highest BCUT2D eigenvalue weighted by molar-refractivity contribution is 5.82. The second kappa shape index (κ2) is 247. The zero-order valence-electron chi connectivity index (χ0n) is 80.5. The lowest BCUT2D eigenvalue weighted by Gasteiger charge is -2.05. The summed E-state index contributed by atoms with van der Waals surface area (Å²) in [5.74, 6) is 0. The number of benzene rings is 3. The van der Waals surface area contributed by atoms with E-state index in [2.05, 4.69) is 156 Å². The lowest BCUT2D eigenvalue weighted by Crippen LogP contribution is -1.85. The summed E-state index contributed by atoms with van der Waals surface area (Å²) in [4.78, 5) is 23.1. The fraction of sp³-hybridized carbons (Fsp3) is 0.580. The third-order valence-corrected chi connectivity index (χ3v) is 9.05. The van der Waals surface area contributed by atoms with Gasteiger partial charge in [-0.05, 0) is 48.2 Å². The molecule has 12 rings (SSSR count). The Balaban J connectivity index is -0.0000000414. The molecule has 0 N–H and O–H groups in total. The number of hydrogen-bond donors (Lipinski definition) is 0. The fourth-order valence-corrected chi connectivity index (χ4v) is 5.72. The van der Waals surface area contributed by atoms with Gasteiger partial charge >= 0.3 is 0 Å². The highest BCUT2D eigenvalue weighted by Gasteiger charge is 1.96. The molecule has 7 nitrogen and oxygen atoms in total. The predicted molar refractivity (Wildman–Crippen MR) is 516 cm³/mol. The lowest BCUT2D eigenvalue weighted by atomic mass is 10.0. The molecular formula is C100H198N6O. The van der Waals surface area contributed by atoms with Gasteiger partial charge in [-0.25, -0.2) is 9.97 Å². The zero-order valence-corrected chi connectivity index (χ0v) is 80.5. The van der Waals surface area contributed by atoms with E-state index in [1.807, 2.05) is 345 Å². The molecule has 634 valence electrons. The fourth-order valence-electron chi connectivity index (χ4n) is 5.72. The average Bonchev–Trinajstić information content (AvgIpc) is 1.75. The summed E-state index contributed by atoms with van der Waals surface area (Å²) in [6.07, 6.45) is 62.7. The zero-order chi connectivity index (χ0) is 87.7. The average molecular weight is 1500 g/mol. The van der Waals surface area contributed by atoms with Crippen LogP contribution in [0.3, 0.4) is 0 Å². The maximum Gasteiger partial charge on any atom is 0.122 e. The van der Waals surface area contributed by atoms with Gasteiger partial charge in [-0.3, -0.25) is 15.0 Å². The van der Waals surface area contributed by atoms with Crippen LogP contribution in [0.1, 0.15) is 387 Å². The van der Waals surface area contributed by atoms with Crippen molar-refractivity contribution >= 4 is 17.0 Å². The van der Waals surface area contributed by atoms with E-state index in [1.165, 1.54) is 87.7 Å². The molecular weight excluding hydrogens is 1300 g/mol. The van der Waals surface area contributed by atoms with Crippen molar-refractivity contribution in [2.45, 2.75) is 387 Å². The van der Waals surface area contributed by atoms with E-state index in [-0.39, 0.29) is 0 Å². The summed E-state index contributed by atoms with van der Waals surface area (Å²) in [5, 5.41) is 6.08. The molecule has 0 bridgehead atoms. The Morgan fingerprint density at radius 3 is 0.486 bits per heavy atom. The molecule has 0 amide bonds. The van der Waals surface area contributed by atoms with Crippen molar-refractivity contribution in [2.24, 2.45) is 5.16 Å². The van der Waals surface area contributed by atoms with Crippen molar-refractivity contribution in [2.75, 3.05) is 6.61 Å². The second-order valence-electron chi connectivity index (χ2n) is 14.4. The van der Waals surface area contributed by atoms with E-state index in [1.54, 1.807) is 61.9 Å². The maximum absolute atomic E-state index is 4.51. The molecule has 2 fully saturated rings. The second-order valence-corrected chi connectivity index (χ2v) is 14.4. The Bertz CT molecular complexity index is 1640. The molecule has 2 saturated carbocycles. The Hall–Kier alpha value is -6.86. The van der Waals surface area contributed by atoms with E-state index in [0.717, 1.165) is 32.3 Å². The van der Waals surface area contributed by atoms with Gasteiger partial charge in [0.25, 0.3) is 0 Å². The third-order valence-electron chi connectivity index (χ3n) is 9.05. The molecule has 0 spiro atoms. The van der Waals surface area contributed by atoms with Crippen LogP contribution in [0.4, 0.5) is 0 Å². The summed E-state index contributed by atoms with van der Waals surface area (Å²) in [6, 6.07) is 36.2. The largest absolute Gasteiger partial charge is 0.396 e. The van der Waals surface area contributed by atoms with Crippen molar-refractivity contribution < 1.29 is 4.84 Å². The number of fused-ring (bicyclic) bond motifs is 1. The summed E-state index contributed by atoms with van der Waals surface area (Å²) >= 11 is 0.